The van der Waals surface area contributed by atoms with E-state index in [4.69, 9.17) is 4.74 Å². The van der Waals surface area contributed by atoms with Crippen molar-refractivity contribution in [2.75, 3.05) is 22.9 Å². The number of benzene rings is 2. The predicted molar refractivity (Wildman–Crippen MR) is 125 cm³/mol. The minimum atomic E-state index is -3.46. The number of carbonyl (C=O) groups is 1. The van der Waals surface area contributed by atoms with E-state index in [0.717, 1.165) is 48.6 Å². The van der Waals surface area contributed by atoms with Gasteiger partial charge in [-0.2, -0.15) is 0 Å². The molecule has 1 saturated carbocycles. The number of hydrogen-bond donors (Lipinski definition) is 1. The van der Waals surface area contributed by atoms with Gasteiger partial charge in [-0.25, -0.2) is 8.42 Å². The lowest BCUT2D eigenvalue weighted by atomic mass is 9.88. The third-order valence-corrected chi connectivity index (χ3v) is 7.12. The molecular formula is C24H32N2O4S. The van der Waals surface area contributed by atoms with Gasteiger partial charge < -0.3 is 10.1 Å². The Kier molecular flexibility index (Phi) is 7.26. The van der Waals surface area contributed by atoms with E-state index < -0.39 is 10.0 Å². The molecule has 3 rings (SSSR count). The third-order valence-electron chi connectivity index (χ3n) is 5.93. The number of carbonyl (C=O) groups excluding carboxylic acids is 1. The van der Waals surface area contributed by atoms with E-state index in [1.165, 1.54) is 17.8 Å². The van der Waals surface area contributed by atoms with Crippen LogP contribution < -0.4 is 14.4 Å². The van der Waals surface area contributed by atoms with Gasteiger partial charge in [0.05, 0.1) is 11.9 Å². The van der Waals surface area contributed by atoms with E-state index in [0.29, 0.717) is 23.7 Å². The lowest BCUT2D eigenvalue weighted by Crippen LogP contribution is -2.26. The van der Waals surface area contributed by atoms with E-state index in [1.807, 2.05) is 26.0 Å². The summed E-state index contributed by atoms with van der Waals surface area (Å²) in [5, 5.41) is 2.99. The Morgan fingerprint density at radius 3 is 2.48 bits per heavy atom. The van der Waals surface area contributed by atoms with Crippen LogP contribution in [-0.2, 0) is 21.4 Å². The number of amides is 1. The molecule has 0 aliphatic heterocycles. The molecular weight excluding hydrogens is 412 g/mol. The normalized spacial score (nSPS) is 14.8. The molecule has 1 aliphatic carbocycles. The van der Waals surface area contributed by atoms with Crippen molar-refractivity contribution in [1.29, 1.82) is 0 Å². The smallest absolute Gasteiger partial charge is 0.232 e. The van der Waals surface area contributed by atoms with Crippen LogP contribution in [0.3, 0.4) is 0 Å². The lowest BCUT2D eigenvalue weighted by Gasteiger charge is -2.23. The zero-order valence-electron chi connectivity index (χ0n) is 18.8. The average molecular weight is 445 g/mol. The molecule has 1 fully saturated rings. The number of rotatable bonds is 7. The monoisotopic (exact) mass is 444 g/mol. The summed E-state index contributed by atoms with van der Waals surface area (Å²) in [5.74, 6) is 0.464. The van der Waals surface area contributed by atoms with E-state index in [9.17, 15) is 13.2 Å². The van der Waals surface area contributed by atoms with Gasteiger partial charge in [-0.15, -0.1) is 0 Å². The van der Waals surface area contributed by atoms with Gasteiger partial charge in [0.25, 0.3) is 0 Å². The Labute approximate surface area is 185 Å². The van der Waals surface area contributed by atoms with Crippen LogP contribution in [0.2, 0.25) is 0 Å². The van der Waals surface area contributed by atoms with E-state index in [2.05, 4.69) is 11.4 Å². The highest BCUT2D eigenvalue weighted by Gasteiger charge is 2.22. The van der Waals surface area contributed by atoms with Crippen LogP contribution in [-0.4, -0.2) is 27.6 Å². The Morgan fingerprint density at radius 2 is 1.81 bits per heavy atom. The van der Waals surface area contributed by atoms with Crippen LogP contribution in [0, 0.1) is 19.8 Å². The summed E-state index contributed by atoms with van der Waals surface area (Å²) in [4.78, 5) is 12.7. The van der Waals surface area contributed by atoms with Gasteiger partial charge in [0.2, 0.25) is 15.9 Å². The second kappa shape index (κ2) is 9.73. The molecule has 0 bridgehead atoms. The molecule has 1 amide bonds. The third kappa shape index (κ3) is 6.00. The van der Waals surface area contributed by atoms with Crippen molar-refractivity contribution in [2.24, 2.45) is 5.92 Å². The minimum Gasteiger partial charge on any atom is -0.487 e. The molecule has 0 spiro atoms. The van der Waals surface area contributed by atoms with Gasteiger partial charge in [0, 0.05) is 24.7 Å². The Hall–Kier alpha value is -2.54. The van der Waals surface area contributed by atoms with E-state index in [1.54, 1.807) is 18.2 Å². The molecule has 2 aromatic carbocycles. The zero-order valence-corrected chi connectivity index (χ0v) is 19.6. The molecule has 6 nitrogen and oxygen atoms in total. The first kappa shape index (κ1) is 23.1. The van der Waals surface area contributed by atoms with Crippen LogP contribution in [0.1, 0.15) is 48.8 Å². The van der Waals surface area contributed by atoms with Gasteiger partial charge in [-0.1, -0.05) is 43.0 Å². The van der Waals surface area contributed by atoms with Gasteiger partial charge in [-0.05, 0) is 49.9 Å². The van der Waals surface area contributed by atoms with Gasteiger partial charge >= 0.3 is 0 Å². The number of aryl methyl sites for hydroxylation is 2. The Balaban J connectivity index is 1.86. The number of anilines is 2. The highest BCUT2D eigenvalue weighted by Crippen LogP contribution is 2.34. The van der Waals surface area contributed by atoms with Crippen molar-refractivity contribution in [3.05, 3.63) is 53.1 Å². The second-order valence-corrected chi connectivity index (χ2v) is 10.5. The van der Waals surface area contributed by atoms with Crippen molar-refractivity contribution in [2.45, 2.75) is 52.6 Å². The molecule has 1 aliphatic rings. The van der Waals surface area contributed by atoms with Gasteiger partial charge in [0.15, 0.2) is 0 Å². The van der Waals surface area contributed by atoms with Crippen molar-refractivity contribution in [3.8, 4) is 5.75 Å². The summed E-state index contributed by atoms with van der Waals surface area (Å²) in [6.45, 7) is 4.34. The van der Waals surface area contributed by atoms with Gasteiger partial charge in [-0.3, -0.25) is 9.10 Å². The molecule has 0 aromatic heterocycles. The summed E-state index contributed by atoms with van der Waals surface area (Å²) in [7, 11) is -1.97. The van der Waals surface area contributed by atoms with Crippen LogP contribution in [0.25, 0.3) is 0 Å². The molecule has 0 saturated heterocycles. The standard InChI is InChI=1S/C24H32N2O4S/c1-17-10-11-18(2)20(14-17)16-30-23-15-21(12-13-22(23)26(3)31(4,28)29)25-24(27)19-8-6-5-7-9-19/h10-15,19H,5-9,16H2,1-4H3,(H,25,27). The molecule has 1 N–H and O–H groups in total. The maximum absolute atomic E-state index is 12.7. The van der Waals surface area contributed by atoms with E-state index in [-0.39, 0.29) is 11.8 Å². The maximum Gasteiger partial charge on any atom is 0.232 e. The number of nitrogens with one attached hydrogen (secondary N) is 1. The molecule has 31 heavy (non-hydrogen) atoms. The summed E-state index contributed by atoms with van der Waals surface area (Å²) in [5.41, 5.74) is 4.31. The number of sulfonamides is 1. The molecule has 0 atom stereocenters. The first-order valence-electron chi connectivity index (χ1n) is 10.7. The maximum atomic E-state index is 12.7. The molecule has 0 heterocycles. The zero-order chi connectivity index (χ0) is 22.6. The molecule has 0 unspecified atom stereocenters. The quantitative estimate of drug-likeness (QED) is 0.666. The fraction of sp³-hybridized carbons (Fsp3) is 0.458. The average Bonchev–Trinajstić information content (AvgIpc) is 2.74. The summed E-state index contributed by atoms with van der Waals surface area (Å²) >= 11 is 0. The molecule has 168 valence electrons. The second-order valence-electron chi connectivity index (χ2n) is 8.46. The lowest BCUT2D eigenvalue weighted by molar-refractivity contribution is -0.120. The Bertz CT molecular complexity index is 1040. The fourth-order valence-electron chi connectivity index (χ4n) is 3.87. The highest BCUT2D eigenvalue weighted by atomic mass is 32.2. The van der Waals surface area contributed by atoms with Crippen molar-refractivity contribution < 1.29 is 17.9 Å². The van der Waals surface area contributed by atoms with Crippen LogP contribution in [0.4, 0.5) is 11.4 Å². The number of ether oxygens (including phenoxy) is 1. The topological polar surface area (TPSA) is 75.7 Å². The number of hydrogen-bond acceptors (Lipinski definition) is 4. The molecule has 0 radical (unpaired) electrons. The molecule has 2 aromatic rings. The van der Waals surface area contributed by atoms with Crippen molar-refractivity contribution in [3.63, 3.8) is 0 Å². The number of nitrogens with zero attached hydrogens (tertiary/aromatic N) is 1. The summed E-state index contributed by atoms with van der Waals surface area (Å²) in [6, 6.07) is 11.3. The molecule has 7 heteroatoms. The van der Waals surface area contributed by atoms with E-state index >= 15 is 0 Å². The van der Waals surface area contributed by atoms with Crippen LogP contribution in [0.5, 0.6) is 5.75 Å². The fourth-order valence-corrected chi connectivity index (χ4v) is 4.37. The van der Waals surface area contributed by atoms with Crippen molar-refractivity contribution >= 4 is 27.3 Å². The first-order valence-corrected chi connectivity index (χ1v) is 12.6. The largest absolute Gasteiger partial charge is 0.487 e. The van der Waals surface area contributed by atoms with Gasteiger partial charge in [0.1, 0.15) is 12.4 Å². The predicted octanol–water partition coefficient (Wildman–Crippen LogP) is 4.80. The highest BCUT2D eigenvalue weighted by molar-refractivity contribution is 7.92. The summed E-state index contributed by atoms with van der Waals surface area (Å²) < 4.78 is 31.5. The Morgan fingerprint density at radius 1 is 1.10 bits per heavy atom. The SMILES string of the molecule is Cc1ccc(C)c(COc2cc(NC(=O)C3CCCCC3)ccc2N(C)S(C)(=O)=O)c1. The minimum absolute atomic E-state index is 0.0180. The first-order chi connectivity index (χ1) is 14.6. The van der Waals surface area contributed by atoms with Crippen LogP contribution in [0.15, 0.2) is 36.4 Å². The summed E-state index contributed by atoms with van der Waals surface area (Å²) in [6.07, 6.45) is 6.33. The van der Waals surface area contributed by atoms with Crippen molar-refractivity contribution in [1.82, 2.24) is 0 Å². The van der Waals surface area contributed by atoms with Crippen LogP contribution >= 0.6 is 0 Å².